The van der Waals surface area contributed by atoms with Crippen LogP contribution in [0.25, 0.3) is 11.4 Å². The quantitative estimate of drug-likeness (QED) is 0.627. The Morgan fingerprint density at radius 3 is 2.60 bits per heavy atom. The number of pyridine rings is 1. The van der Waals surface area contributed by atoms with Crippen molar-refractivity contribution in [3.8, 4) is 11.4 Å². The Kier molecular flexibility index (Phi) is 5.03. The average molecular weight is 356 g/mol. The van der Waals surface area contributed by atoms with Gasteiger partial charge < -0.3 is 4.42 Å². The van der Waals surface area contributed by atoms with Crippen molar-refractivity contribution in [1.29, 1.82) is 0 Å². The fourth-order valence-corrected chi connectivity index (χ4v) is 3.26. The molecule has 0 radical (unpaired) electrons. The van der Waals surface area contributed by atoms with Crippen LogP contribution in [-0.4, -0.2) is 31.3 Å². The third-order valence-electron chi connectivity index (χ3n) is 3.72. The summed E-state index contributed by atoms with van der Waals surface area (Å²) in [7, 11) is 0. The van der Waals surface area contributed by atoms with Crippen LogP contribution >= 0.6 is 11.8 Å². The molecule has 0 aromatic carbocycles. The number of Topliss-reactive ketones (excluding diaryl/α,β-unsaturated/α-hetero) is 1. The summed E-state index contributed by atoms with van der Waals surface area (Å²) in [5, 5.41) is 9.30. The van der Waals surface area contributed by atoms with Crippen LogP contribution in [-0.2, 0) is 11.3 Å². The lowest BCUT2D eigenvalue weighted by atomic mass is 9.92. The summed E-state index contributed by atoms with van der Waals surface area (Å²) < 4.78 is 7.43. The van der Waals surface area contributed by atoms with Crippen LogP contribution in [0, 0.1) is 5.41 Å². The van der Waals surface area contributed by atoms with E-state index in [4.69, 9.17) is 4.42 Å². The maximum Gasteiger partial charge on any atom is 0.192 e. The molecule has 3 heterocycles. The van der Waals surface area contributed by atoms with Crippen LogP contribution in [0.5, 0.6) is 0 Å². The van der Waals surface area contributed by atoms with Gasteiger partial charge in [0.1, 0.15) is 11.5 Å². The lowest BCUT2D eigenvalue weighted by Crippen LogP contribution is -2.22. The Morgan fingerprint density at radius 2 is 1.96 bits per heavy atom. The van der Waals surface area contributed by atoms with E-state index in [2.05, 4.69) is 15.2 Å². The van der Waals surface area contributed by atoms with Gasteiger partial charge in [-0.25, -0.2) is 0 Å². The highest BCUT2D eigenvalue weighted by Crippen LogP contribution is 2.27. The number of ketones is 1. The number of aromatic nitrogens is 4. The molecule has 0 unspecified atom stereocenters. The second-order valence-corrected chi connectivity index (χ2v) is 7.61. The van der Waals surface area contributed by atoms with Crippen LogP contribution in [0.4, 0.5) is 0 Å². The summed E-state index contributed by atoms with van der Waals surface area (Å²) in [5.41, 5.74) is 0.551. The van der Waals surface area contributed by atoms with Crippen LogP contribution in [0.1, 0.15) is 26.5 Å². The van der Waals surface area contributed by atoms with Crippen molar-refractivity contribution in [3.05, 3.63) is 48.7 Å². The molecule has 0 saturated carbocycles. The number of rotatable bonds is 6. The van der Waals surface area contributed by atoms with Crippen LogP contribution in [0.15, 0.2) is 52.5 Å². The molecule has 0 aliphatic rings. The first kappa shape index (κ1) is 17.4. The van der Waals surface area contributed by atoms with E-state index < -0.39 is 0 Å². The topological polar surface area (TPSA) is 73.8 Å². The van der Waals surface area contributed by atoms with E-state index in [0.717, 1.165) is 17.1 Å². The zero-order chi connectivity index (χ0) is 17.9. The predicted octanol–water partition coefficient (Wildman–Crippen LogP) is 3.69. The van der Waals surface area contributed by atoms with Gasteiger partial charge in [0.2, 0.25) is 0 Å². The first-order valence-electron chi connectivity index (χ1n) is 7.97. The molecular weight excluding hydrogens is 336 g/mol. The van der Waals surface area contributed by atoms with Gasteiger partial charge in [-0.1, -0.05) is 32.5 Å². The molecule has 7 heteroatoms. The van der Waals surface area contributed by atoms with E-state index in [-0.39, 0.29) is 11.2 Å². The zero-order valence-corrected chi connectivity index (χ0v) is 15.3. The minimum Gasteiger partial charge on any atom is -0.467 e. The smallest absolute Gasteiger partial charge is 0.192 e. The normalized spacial score (nSPS) is 11.6. The molecule has 0 amide bonds. The molecule has 0 atom stereocenters. The molecule has 6 nitrogen and oxygen atoms in total. The highest BCUT2D eigenvalue weighted by atomic mass is 32.2. The highest BCUT2D eigenvalue weighted by Gasteiger charge is 2.23. The van der Waals surface area contributed by atoms with E-state index in [1.54, 1.807) is 18.7 Å². The molecule has 25 heavy (non-hydrogen) atoms. The Balaban J connectivity index is 1.90. The minimum absolute atomic E-state index is 0.176. The van der Waals surface area contributed by atoms with Crippen molar-refractivity contribution in [2.45, 2.75) is 32.5 Å². The van der Waals surface area contributed by atoms with Gasteiger partial charge in [0.05, 0.1) is 18.6 Å². The zero-order valence-electron chi connectivity index (χ0n) is 14.5. The number of nitrogens with zero attached hydrogens (tertiary/aromatic N) is 4. The molecule has 0 fully saturated rings. The molecule has 0 saturated heterocycles. The molecule has 0 aliphatic heterocycles. The summed E-state index contributed by atoms with van der Waals surface area (Å²) in [4.78, 5) is 16.3. The molecule has 0 spiro atoms. The van der Waals surface area contributed by atoms with Crippen molar-refractivity contribution in [2.24, 2.45) is 5.41 Å². The van der Waals surface area contributed by atoms with Gasteiger partial charge in [-0.2, -0.15) is 0 Å². The number of hydrogen-bond acceptors (Lipinski definition) is 6. The molecule has 0 bridgehead atoms. The molecule has 3 rings (SSSR count). The van der Waals surface area contributed by atoms with Gasteiger partial charge in [0.25, 0.3) is 0 Å². The first-order valence-corrected chi connectivity index (χ1v) is 8.96. The Labute approximate surface area is 150 Å². The molecular formula is C18H20N4O2S. The largest absolute Gasteiger partial charge is 0.467 e. The summed E-state index contributed by atoms with van der Waals surface area (Å²) in [5.74, 6) is 2.06. The third-order valence-corrected chi connectivity index (χ3v) is 4.69. The van der Waals surface area contributed by atoms with E-state index in [1.807, 2.05) is 49.6 Å². The van der Waals surface area contributed by atoms with Gasteiger partial charge in [0, 0.05) is 23.4 Å². The maximum absolute atomic E-state index is 12.2. The van der Waals surface area contributed by atoms with Crippen molar-refractivity contribution >= 4 is 17.5 Å². The lowest BCUT2D eigenvalue weighted by molar-refractivity contribution is -0.123. The predicted molar refractivity (Wildman–Crippen MR) is 96.2 cm³/mol. The van der Waals surface area contributed by atoms with E-state index in [0.29, 0.717) is 17.5 Å². The second-order valence-electron chi connectivity index (χ2n) is 6.67. The van der Waals surface area contributed by atoms with Crippen LogP contribution in [0.2, 0.25) is 0 Å². The van der Waals surface area contributed by atoms with Crippen molar-refractivity contribution in [3.63, 3.8) is 0 Å². The fourth-order valence-electron chi connectivity index (χ4n) is 2.16. The summed E-state index contributed by atoms with van der Waals surface area (Å²) in [6.45, 7) is 6.27. The number of carbonyl (C=O) groups excluding carboxylic acids is 1. The maximum atomic E-state index is 12.2. The molecule has 130 valence electrons. The molecule has 3 aromatic rings. The SMILES string of the molecule is CC(C)(C)C(=O)CSc1nnc(-c2ccncc2)n1Cc1ccco1. The second kappa shape index (κ2) is 7.23. The summed E-state index contributed by atoms with van der Waals surface area (Å²) in [6, 6.07) is 7.53. The van der Waals surface area contributed by atoms with Crippen molar-refractivity contribution in [2.75, 3.05) is 5.75 Å². The first-order chi connectivity index (χ1) is 11.9. The molecule has 3 aromatic heterocycles. The van der Waals surface area contributed by atoms with E-state index >= 15 is 0 Å². The summed E-state index contributed by atoms with van der Waals surface area (Å²) >= 11 is 1.40. The minimum atomic E-state index is -0.368. The van der Waals surface area contributed by atoms with Crippen LogP contribution < -0.4 is 0 Å². The Hall–Kier alpha value is -2.41. The number of carbonyl (C=O) groups is 1. The van der Waals surface area contributed by atoms with Crippen LogP contribution in [0.3, 0.4) is 0 Å². The highest BCUT2D eigenvalue weighted by molar-refractivity contribution is 7.99. The fraction of sp³-hybridized carbons (Fsp3) is 0.333. The van der Waals surface area contributed by atoms with Gasteiger partial charge in [-0.15, -0.1) is 10.2 Å². The Bertz CT molecular complexity index is 836. The third kappa shape index (κ3) is 4.17. The van der Waals surface area contributed by atoms with E-state index in [1.165, 1.54) is 11.8 Å². The molecule has 0 N–H and O–H groups in total. The van der Waals surface area contributed by atoms with Crippen molar-refractivity contribution < 1.29 is 9.21 Å². The number of furan rings is 1. The van der Waals surface area contributed by atoms with Gasteiger partial charge in [0.15, 0.2) is 11.0 Å². The monoisotopic (exact) mass is 356 g/mol. The van der Waals surface area contributed by atoms with Gasteiger partial charge in [-0.05, 0) is 24.3 Å². The number of thioether (sulfide) groups is 1. The van der Waals surface area contributed by atoms with Gasteiger partial charge in [-0.3, -0.25) is 14.3 Å². The lowest BCUT2D eigenvalue weighted by Gasteiger charge is -2.16. The summed E-state index contributed by atoms with van der Waals surface area (Å²) in [6.07, 6.45) is 5.08. The van der Waals surface area contributed by atoms with E-state index in [9.17, 15) is 4.79 Å². The number of hydrogen-bond donors (Lipinski definition) is 0. The van der Waals surface area contributed by atoms with Gasteiger partial charge >= 0.3 is 0 Å². The Morgan fingerprint density at radius 1 is 1.20 bits per heavy atom. The molecule has 0 aliphatic carbocycles. The standard InChI is InChI=1S/C18H20N4O2S/c1-18(2,3)15(23)12-25-17-21-20-16(13-6-8-19-9-7-13)22(17)11-14-5-4-10-24-14/h4-10H,11-12H2,1-3H3. The average Bonchev–Trinajstić information content (AvgIpc) is 3.23. The van der Waals surface area contributed by atoms with Crippen molar-refractivity contribution in [1.82, 2.24) is 19.7 Å².